The van der Waals surface area contributed by atoms with Crippen LogP contribution in [0.25, 0.3) is 0 Å². The van der Waals surface area contributed by atoms with Gasteiger partial charge in [-0.05, 0) is 48.0 Å². The maximum Gasteiger partial charge on any atom is 0.339 e. The third kappa shape index (κ3) is 5.30. The number of amides is 1. The van der Waals surface area contributed by atoms with Crippen LogP contribution in [0.5, 0.6) is 0 Å². The minimum atomic E-state index is -0.679. The summed E-state index contributed by atoms with van der Waals surface area (Å²) in [6, 6.07) is 3.62. The number of hydrogen-bond donors (Lipinski definition) is 0. The van der Waals surface area contributed by atoms with Crippen molar-refractivity contribution in [1.82, 2.24) is 4.90 Å². The number of ether oxygens (including phenoxy) is 1. The van der Waals surface area contributed by atoms with Gasteiger partial charge in [0.15, 0.2) is 6.61 Å². The molecule has 1 rings (SSSR count). The second-order valence-corrected chi connectivity index (χ2v) is 5.42. The molecular formula is C15H17BrFNO3. The highest BCUT2D eigenvalue weighted by molar-refractivity contribution is 9.10. The van der Waals surface area contributed by atoms with Crippen LogP contribution in [0.15, 0.2) is 34.8 Å². The molecule has 1 amide bonds. The molecule has 6 heteroatoms. The van der Waals surface area contributed by atoms with E-state index in [1.165, 1.54) is 11.0 Å². The van der Waals surface area contributed by atoms with Crippen LogP contribution in [0.2, 0.25) is 0 Å². The Kier molecular flexibility index (Phi) is 6.55. The summed E-state index contributed by atoms with van der Waals surface area (Å²) < 4.78 is 18.2. The molecule has 1 aromatic carbocycles. The number of carbonyl (C=O) groups excluding carboxylic acids is 2. The van der Waals surface area contributed by atoms with Gasteiger partial charge in [0, 0.05) is 17.6 Å². The maximum atomic E-state index is 12.9. The van der Waals surface area contributed by atoms with E-state index in [9.17, 15) is 14.0 Å². The quantitative estimate of drug-likeness (QED) is 0.580. The highest BCUT2D eigenvalue weighted by atomic mass is 79.9. The highest BCUT2D eigenvalue weighted by Gasteiger charge is 2.17. The molecule has 0 saturated heterocycles. The van der Waals surface area contributed by atoms with E-state index < -0.39 is 11.8 Å². The number of esters is 1. The molecule has 0 heterocycles. The zero-order valence-corrected chi connectivity index (χ0v) is 13.6. The Morgan fingerprint density at radius 1 is 1.43 bits per heavy atom. The van der Waals surface area contributed by atoms with E-state index in [0.29, 0.717) is 13.1 Å². The van der Waals surface area contributed by atoms with Crippen molar-refractivity contribution in [3.63, 3.8) is 0 Å². The monoisotopic (exact) mass is 357 g/mol. The van der Waals surface area contributed by atoms with Gasteiger partial charge in [0.2, 0.25) is 0 Å². The lowest BCUT2D eigenvalue weighted by atomic mass is 10.2. The van der Waals surface area contributed by atoms with Crippen molar-refractivity contribution >= 4 is 27.8 Å². The van der Waals surface area contributed by atoms with E-state index in [1.54, 1.807) is 0 Å². The Labute approximate surface area is 131 Å². The van der Waals surface area contributed by atoms with E-state index >= 15 is 0 Å². The van der Waals surface area contributed by atoms with Gasteiger partial charge in [0.25, 0.3) is 5.91 Å². The van der Waals surface area contributed by atoms with Gasteiger partial charge in [0.05, 0.1) is 5.56 Å². The first-order valence-corrected chi connectivity index (χ1v) is 7.18. The third-order valence-corrected chi connectivity index (χ3v) is 3.33. The van der Waals surface area contributed by atoms with Crippen LogP contribution >= 0.6 is 15.9 Å². The molecule has 1 aromatic rings. The van der Waals surface area contributed by atoms with Crippen LogP contribution in [0.3, 0.4) is 0 Å². The van der Waals surface area contributed by atoms with E-state index in [4.69, 9.17) is 4.74 Å². The number of likely N-dealkylation sites (N-methyl/N-ethyl adjacent to an activating group) is 1. The molecule has 0 aliphatic heterocycles. The second kappa shape index (κ2) is 7.93. The molecule has 4 nitrogen and oxygen atoms in total. The molecule has 0 aromatic heterocycles. The van der Waals surface area contributed by atoms with Gasteiger partial charge in [-0.25, -0.2) is 9.18 Å². The smallest absolute Gasteiger partial charge is 0.339 e. The van der Waals surface area contributed by atoms with Gasteiger partial charge in [0.1, 0.15) is 5.82 Å². The van der Waals surface area contributed by atoms with Crippen LogP contribution < -0.4 is 0 Å². The molecule has 0 radical (unpaired) electrons. The number of halogens is 2. The van der Waals surface area contributed by atoms with E-state index in [-0.39, 0.29) is 22.6 Å². The summed E-state index contributed by atoms with van der Waals surface area (Å²) in [4.78, 5) is 25.3. The number of hydrogen-bond acceptors (Lipinski definition) is 3. The first-order chi connectivity index (χ1) is 9.85. The molecule has 0 aliphatic rings. The number of benzene rings is 1. The minimum absolute atomic E-state index is 0.173. The van der Waals surface area contributed by atoms with Crippen LogP contribution in [0.4, 0.5) is 4.39 Å². The fraction of sp³-hybridized carbons (Fsp3) is 0.333. The minimum Gasteiger partial charge on any atom is -0.452 e. The summed E-state index contributed by atoms with van der Waals surface area (Å²) in [7, 11) is 0. The molecule has 0 aliphatic carbocycles. The standard InChI is InChI=1S/C15H17BrFNO3/c1-4-18(8-10(2)3)14(19)9-21-15(20)12-6-5-11(17)7-13(12)16/h5-7H,2,4,8-9H2,1,3H3. The van der Waals surface area contributed by atoms with E-state index in [0.717, 1.165) is 17.7 Å². The zero-order valence-electron chi connectivity index (χ0n) is 12.0. The van der Waals surface area contributed by atoms with Crippen LogP contribution in [-0.4, -0.2) is 36.5 Å². The summed E-state index contributed by atoms with van der Waals surface area (Å²) in [5, 5.41) is 0. The lowest BCUT2D eigenvalue weighted by Crippen LogP contribution is -2.35. The maximum absolute atomic E-state index is 12.9. The van der Waals surface area contributed by atoms with Crippen molar-refractivity contribution in [2.75, 3.05) is 19.7 Å². The van der Waals surface area contributed by atoms with Gasteiger partial charge in [-0.3, -0.25) is 4.79 Å². The molecular weight excluding hydrogens is 341 g/mol. The average molecular weight is 358 g/mol. The predicted molar refractivity (Wildman–Crippen MR) is 81.5 cm³/mol. The lowest BCUT2D eigenvalue weighted by molar-refractivity contribution is -0.133. The van der Waals surface area contributed by atoms with Crippen molar-refractivity contribution in [2.45, 2.75) is 13.8 Å². The lowest BCUT2D eigenvalue weighted by Gasteiger charge is -2.20. The molecule has 0 unspecified atom stereocenters. The summed E-state index contributed by atoms with van der Waals surface area (Å²) in [5.74, 6) is -1.44. The first kappa shape index (κ1) is 17.4. The number of nitrogens with zero attached hydrogens (tertiary/aromatic N) is 1. The number of rotatable bonds is 6. The Morgan fingerprint density at radius 2 is 2.10 bits per heavy atom. The van der Waals surface area contributed by atoms with E-state index in [1.807, 2.05) is 13.8 Å². The molecule has 0 spiro atoms. The molecule has 0 N–H and O–H groups in total. The van der Waals surface area contributed by atoms with Gasteiger partial charge < -0.3 is 9.64 Å². The first-order valence-electron chi connectivity index (χ1n) is 6.39. The third-order valence-electron chi connectivity index (χ3n) is 2.67. The highest BCUT2D eigenvalue weighted by Crippen LogP contribution is 2.18. The molecule has 21 heavy (non-hydrogen) atoms. The molecule has 0 saturated carbocycles. The Balaban J connectivity index is 2.63. The largest absolute Gasteiger partial charge is 0.452 e. The Morgan fingerprint density at radius 3 is 2.62 bits per heavy atom. The topological polar surface area (TPSA) is 46.6 Å². The fourth-order valence-corrected chi connectivity index (χ4v) is 2.17. The Hall–Kier alpha value is -1.69. The van der Waals surface area contributed by atoms with Gasteiger partial charge in [-0.1, -0.05) is 12.2 Å². The van der Waals surface area contributed by atoms with Crippen molar-refractivity contribution < 1.29 is 18.7 Å². The van der Waals surface area contributed by atoms with Crippen LogP contribution in [-0.2, 0) is 9.53 Å². The summed E-state index contributed by atoms with van der Waals surface area (Å²) >= 11 is 3.08. The van der Waals surface area contributed by atoms with Crippen LogP contribution in [0.1, 0.15) is 24.2 Å². The number of carbonyl (C=O) groups is 2. The fourth-order valence-electron chi connectivity index (χ4n) is 1.65. The predicted octanol–water partition coefficient (Wildman–Crippen LogP) is 3.17. The molecule has 114 valence electrons. The SMILES string of the molecule is C=C(C)CN(CC)C(=O)COC(=O)c1ccc(F)cc1Br. The second-order valence-electron chi connectivity index (χ2n) is 4.57. The Bertz CT molecular complexity index is 560. The van der Waals surface area contributed by atoms with Crippen molar-refractivity contribution in [3.8, 4) is 0 Å². The van der Waals surface area contributed by atoms with Crippen molar-refractivity contribution in [2.24, 2.45) is 0 Å². The van der Waals surface area contributed by atoms with Crippen LogP contribution in [0, 0.1) is 5.82 Å². The van der Waals surface area contributed by atoms with Crippen molar-refractivity contribution in [3.05, 3.63) is 46.2 Å². The van der Waals surface area contributed by atoms with Crippen molar-refractivity contribution in [1.29, 1.82) is 0 Å². The summed E-state index contributed by atoms with van der Waals surface area (Å²) in [6.45, 7) is 7.96. The normalized spacial score (nSPS) is 10.1. The molecule has 0 atom stereocenters. The molecule has 0 bridgehead atoms. The van der Waals surface area contributed by atoms with Gasteiger partial charge in [-0.15, -0.1) is 0 Å². The van der Waals surface area contributed by atoms with E-state index in [2.05, 4.69) is 22.5 Å². The van der Waals surface area contributed by atoms with Gasteiger partial charge in [-0.2, -0.15) is 0 Å². The average Bonchev–Trinajstić information content (AvgIpc) is 2.41. The zero-order chi connectivity index (χ0) is 16.0. The van der Waals surface area contributed by atoms with Gasteiger partial charge >= 0.3 is 5.97 Å². The summed E-state index contributed by atoms with van der Waals surface area (Å²) in [6.07, 6.45) is 0. The molecule has 0 fully saturated rings. The summed E-state index contributed by atoms with van der Waals surface area (Å²) in [5.41, 5.74) is 1.02.